The molecule has 0 aliphatic heterocycles. The molecule has 0 fully saturated rings. The molecular formula is C20H26N2O2. The Kier molecular flexibility index (Phi) is 7.15. The fourth-order valence-corrected chi connectivity index (χ4v) is 2.36. The molecule has 128 valence electrons. The second-order valence-electron chi connectivity index (χ2n) is 5.85. The highest BCUT2D eigenvalue weighted by molar-refractivity contribution is 5.73. The lowest BCUT2D eigenvalue weighted by atomic mass is 10.1. The minimum absolute atomic E-state index is 0.156. The molecule has 2 aromatic carbocycles. The molecule has 0 aliphatic rings. The van der Waals surface area contributed by atoms with Crippen molar-refractivity contribution in [3.8, 4) is 5.75 Å². The van der Waals surface area contributed by atoms with Gasteiger partial charge in [0.1, 0.15) is 5.75 Å². The Morgan fingerprint density at radius 3 is 2.21 bits per heavy atom. The number of aryl methyl sites for hydroxylation is 2. The lowest BCUT2D eigenvalue weighted by Crippen LogP contribution is -2.38. The average molecular weight is 326 g/mol. The van der Waals surface area contributed by atoms with Gasteiger partial charge >= 0.3 is 6.03 Å². The summed E-state index contributed by atoms with van der Waals surface area (Å²) < 4.78 is 5.52. The van der Waals surface area contributed by atoms with Crippen molar-refractivity contribution in [1.82, 2.24) is 10.6 Å². The van der Waals surface area contributed by atoms with Crippen LogP contribution in [0.25, 0.3) is 0 Å². The zero-order valence-electron chi connectivity index (χ0n) is 14.5. The van der Waals surface area contributed by atoms with Gasteiger partial charge in [-0.1, -0.05) is 55.3 Å². The van der Waals surface area contributed by atoms with E-state index in [0.717, 1.165) is 25.0 Å². The SMILES string of the molecule is CCCc1ccc(OCNC(=O)NCCc2ccc(C)cc2)cc1. The Morgan fingerprint density at radius 2 is 1.54 bits per heavy atom. The Labute approximate surface area is 144 Å². The number of ether oxygens (including phenoxy) is 1. The standard InChI is InChI=1S/C20H26N2O2/c1-3-4-17-9-11-19(12-10-17)24-15-22-20(23)21-14-13-18-7-5-16(2)6-8-18/h5-12H,3-4,13-15H2,1-2H3,(H2,21,22,23). The molecule has 0 aliphatic carbocycles. The largest absolute Gasteiger partial charge is 0.473 e. The van der Waals surface area contributed by atoms with Gasteiger partial charge in [0.05, 0.1) is 0 Å². The molecule has 0 radical (unpaired) electrons. The van der Waals surface area contributed by atoms with E-state index in [2.05, 4.69) is 60.9 Å². The van der Waals surface area contributed by atoms with Gasteiger partial charge < -0.3 is 15.4 Å². The molecule has 0 spiro atoms. The monoisotopic (exact) mass is 326 g/mol. The average Bonchev–Trinajstić information content (AvgIpc) is 2.58. The summed E-state index contributed by atoms with van der Waals surface area (Å²) in [7, 11) is 0. The Bertz CT molecular complexity index is 621. The number of amides is 2. The first-order chi connectivity index (χ1) is 11.7. The number of hydrogen-bond donors (Lipinski definition) is 2. The summed E-state index contributed by atoms with van der Waals surface area (Å²) in [6.45, 7) is 4.97. The first kappa shape index (κ1) is 17.9. The second kappa shape index (κ2) is 9.60. The maximum absolute atomic E-state index is 11.7. The van der Waals surface area contributed by atoms with Gasteiger partial charge in [-0.15, -0.1) is 0 Å². The highest BCUT2D eigenvalue weighted by Crippen LogP contribution is 2.12. The summed E-state index contributed by atoms with van der Waals surface area (Å²) in [5.74, 6) is 0.759. The second-order valence-corrected chi connectivity index (χ2v) is 5.85. The number of carbonyl (C=O) groups is 1. The molecule has 24 heavy (non-hydrogen) atoms. The third kappa shape index (κ3) is 6.32. The summed E-state index contributed by atoms with van der Waals surface area (Å²) in [5.41, 5.74) is 3.75. The lowest BCUT2D eigenvalue weighted by molar-refractivity contribution is 0.224. The van der Waals surface area contributed by atoms with Crippen molar-refractivity contribution in [2.75, 3.05) is 13.3 Å². The zero-order valence-corrected chi connectivity index (χ0v) is 14.5. The maximum Gasteiger partial charge on any atom is 0.317 e. The van der Waals surface area contributed by atoms with E-state index in [9.17, 15) is 4.79 Å². The van der Waals surface area contributed by atoms with Gasteiger partial charge in [-0.2, -0.15) is 0 Å². The van der Waals surface area contributed by atoms with E-state index in [1.165, 1.54) is 16.7 Å². The van der Waals surface area contributed by atoms with E-state index in [0.29, 0.717) is 6.54 Å². The summed E-state index contributed by atoms with van der Waals surface area (Å²) in [6.07, 6.45) is 3.01. The number of urea groups is 1. The summed E-state index contributed by atoms with van der Waals surface area (Å²) >= 11 is 0. The van der Waals surface area contributed by atoms with Crippen molar-refractivity contribution < 1.29 is 9.53 Å². The van der Waals surface area contributed by atoms with Crippen LogP contribution in [-0.4, -0.2) is 19.3 Å². The van der Waals surface area contributed by atoms with Gasteiger partial charge in [0.2, 0.25) is 0 Å². The Hall–Kier alpha value is -2.49. The minimum atomic E-state index is -0.218. The quantitative estimate of drug-likeness (QED) is 0.725. The van der Waals surface area contributed by atoms with Crippen LogP contribution in [0, 0.1) is 6.92 Å². The van der Waals surface area contributed by atoms with E-state index in [4.69, 9.17) is 4.74 Å². The van der Waals surface area contributed by atoms with Crippen molar-refractivity contribution in [2.45, 2.75) is 33.1 Å². The molecule has 0 unspecified atom stereocenters. The third-order valence-corrected chi connectivity index (χ3v) is 3.75. The number of nitrogens with one attached hydrogen (secondary N) is 2. The predicted molar refractivity (Wildman–Crippen MR) is 97.3 cm³/mol. The Morgan fingerprint density at radius 1 is 0.917 bits per heavy atom. The number of benzene rings is 2. The van der Waals surface area contributed by atoms with E-state index in [1.54, 1.807) is 0 Å². The van der Waals surface area contributed by atoms with Crippen molar-refractivity contribution in [1.29, 1.82) is 0 Å². The molecule has 0 saturated heterocycles. The normalized spacial score (nSPS) is 10.2. The maximum atomic E-state index is 11.7. The van der Waals surface area contributed by atoms with Gasteiger partial charge in [0, 0.05) is 6.54 Å². The summed E-state index contributed by atoms with van der Waals surface area (Å²) in [4.78, 5) is 11.7. The molecule has 0 bridgehead atoms. The predicted octanol–water partition coefficient (Wildman–Crippen LogP) is 3.83. The van der Waals surface area contributed by atoms with Crippen LogP contribution in [0.1, 0.15) is 30.0 Å². The number of rotatable bonds is 8. The van der Waals surface area contributed by atoms with E-state index in [1.807, 2.05) is 12.1 Å². The van der Waals surface area contributed by atoms with Crippen molar-refractivity contribution >= 4 is 6.03 Å². The van der Waals surface area contributed by atoms with Crippen molar-refractivity contribution in [2.24, 2.45) is 0 Å². The van der Waals surface area contributed by atoms with Crippen LogP contribution in [0.5, 0.6) is 5.75 Å². The Balaban J connectivity index is 1.61. The molecule has 0 aromatic heterocycles. The van der Waals surface area contributed by atoms with Crippen molar-refractivity contribution in [3.63, 3.8) is 0 Å². The van der Waals surface area contributed by atoms with Gasteiger partial charge in [-0.25, -0.2) is 4.79 Å². The molecule has 2 aromatic rings. The smallest absolute Gasteiger partial charge is 0.317 e. The molecule has 0 atom stereocenters. The first-order valence-electron chi connectivity index (χ1n) is 8.46. The first-order valence-corrected chi connectivity index (χ1v) is 8.46. The van der Waals surface area contributed by atoms with Gasteiger partial charge in [-0.3, -0.25) is 0 Å². The lowest BCUT2D eigenvalue weighted by Gasteiger charge is -2.10. The molecule has 2 N–H and O–H groups in total. The van der Waals surface area contributed by atoms with Crippen LogP contribution < -0.4 is 15.4 Å². The van der Waals surface area contributed by atoms with Crippen LogP contribution >= 0.6 is 0 Å². The van der Waals surface area contributed by atoms with Crippen LogP contribution in [0.3, 0.4) is 0 Å². The zero-order chi connectivity index (χ0) is 17.2. The molecule has 2 amide bonds. The van der Waals surface area contributed by atoms with Gasteiger partial charge in [0.25, 0.3) is 0 Å². The van der Waals surface area contributed by atoms with Gasteiger partial charge in [-0.05, 0) is 43.0 Å². The highest BCUT2D eigenvalue weighted by Gasteiger charge is 2.00. The van der Waals surface area contributed by atoms with Crippen LogP contribution in [-0.2, 0) is 12.8 Å². The van der Waals surface area contributed by atoms with E-state index in [-0.39, 0.29) is 12.8 Å². The summed E-state index contributed by atoms with van der Waals surface area (Å²) in [5, 5.41) is 5.52. The molecule has 4 nitrogen and oxygen atoms in total. The van der Waals surface area contributed by atoms with Crippen LogP contribution in [0.2, 0.25) is 0 Å². The van der Waals surface area contributed by atoms with E-state index >= 15 is 0 Å². The van der Waals surface area contributed by atoms with Crippen LogP contribution in [0.4, 0.5) is 4.79 Å². The highest BCUT2D eigenvalue weighted by atomic mass is 16.5. The fraction of sp³-hybridized carbons (Fsp3) is 0.350. The molecule has 0 saturated carbocycles. The number of hydrogen-bond acceptors (Lipinski definition) is 2. The molecular weight excluding hydrogens is 300 g/mol. The van der Waals surface area contributed by atoms with Crippen molar-refractivity contribution in [3.05, 3.63) is 65.2 Å². The molecule has 2 rings (SSSR count). The van der Waals surface area contributed by atoms with Crippen LogP contribution in [0.15, 0.2) is 48.5 Å². The minimum Gasteiger partial charge on any atom is -0.473 e. The topological polar surface area (TPSA) is 50.4 Å². The molecule has 0 heterocycles. The fourth-order valence-electron chi connectivity index (χ4n) is 2.36. The van der Waals surface area contributed by atoms with E-state index < -0.39 is 0 Å². The molecule has 4 heteroatoms. The third-order valence-electron chi connectivity index (χ3n) is 3.75. The van der Waals surface area contributed by atoms with Gasteiger partial charge in [0.15, 0.2) is 6.73 Å². The number of carbonyl (C=O) groups excluding carboxylic acids is 1. The summed E-state index contributed by atoms with van der Waals surface area (Å²) in [6, 6.07) is 16.1.